The summed E-state index contributed by atoms with van der Waals surface area (Å²) in [6.45, 7) is 3.65. The maximum atomic E-state index is 12.3. The molecule has 2 rings (SSSR count). The second kappa shape index (κ2) is 5.70. The SMILES string of the molecule is C[C@H]1CN(S(=O)(=O)Cc2cccc(C#N)c2)CCN1. The van der Waals surface area contributed by atoms with Gasteiger partial charge in [0.05, 0.1) is 17.4 Å². The number of sulfonamides is 1. The molecule has 0 bridgehead atoms. The number of hydrogen-bond acceptors (Lipinski definition) is 4. The molecule has 19 heavy (non-hydrogen) atoms. The number of hydrogen-bond donors (Lipinski definition) is 1. The Kier molecular flexibility index (Phi) is 4.20. The highest BCUT2D eigenvalue weighted by atomic mass is 32.2. The number of piperazine rings is 1. The molecule has 0 saturated carbocycles. The third-order valence-corrected chi connectivity index (χ3v) is 4.95. The van der Waals surface area contributed by atoms with Crippen molar-refractivity contribution in [2.45, 2.75) is 18.7 Å². The normalized spacial score (nSPS) is 20.9. The average molecular weight is 279 g/mol. The lowest BCUT2D eigenvalue weighted by Crippen LogP contribution is -2.51. The van der Waals surface area contributed by atoms with E-state index < -0.39 is 10.0 Å². The first-order valence-corrected chi connectivity index (χ1v) is 7.82. The highest BCUT2D eigenvalue weighted by Crippen LogP contribution is 2.14. The molecule has 0 aromatic heterocycles. The summed E-state index contributed by atoms with van der Waals surface area (Å²) in [4.78, 5) is 0. The van der Waals surface area contributed by atoms with E-state index in [1.165, 1.54) is 4.31 Å². The van der Waals surface area contributed by atoms with Crippen molar-refractivity contribution in [2.24, 2.45) is 0 Å². The molecule has 0 aliphatic carbocycles. The van der Waals surface area contributed by atoms with Gasteiger partial charge in [0.25, 0.3) is 0 Å². The number of benzene rings is 1. The standard InChI is InChI=1S/C13H17N3O2S/c1-11-9-16(6-5-15-11)19(17,18)10-13-4-2-3-12(7-13)8-14/h2-4,7,11,15H,5-6,9-10H2,1H3/t11-/m0/s1. The van der Waals surface area contributed by atoms with Crippen LogP contribution in [0.15, 0.2) is 24.3 Å². The van der Waals surface area contributed by atoms with Crippen molar-refractivity contribution < 1.29 is 8.42 Å². The lowest BCUT2D eigenvalue weighted by atomic mass is 10.2. The van der Waals surface area contributed by atoms with E-state index in [9.17, 15) is 8.42 Å². The fourth-order valence-corrected chi connectivity index (χ4v) is 3.79. The number of nitrogens with zero attached hydrogens (tertiary/aromatic N) is 2. The first kappa shape index (κ1) is 14.0. The van der Waals surface area contributed by atoms with Crippen LogP contribution in [0, 0.1) is 11.3 Å². The van der Waals surface area contributed by atoms with Gasteiger partial charge in [-0.3, -0.25) is 0 Å². The van der Waals surface area contributed by atoms with Crippen LogP contribution in [-0.4, -0.2) is 38.4 Å². The Balaban J connectivity index is 2.14. The van der Waals surface area contributed by atoms with Gasteiger partial charge in [-0.15, -0.1) is 0 Å². The minimum absolute atomic E-state index is 0.0464. The molecule has 5 nitrogen and oxygen atoms in total. The number of nitriles is 1. The Labute approximate surface area is 113 Å². The van der Waals surface area contributed by atoms with Crippen molar-refractivity contribution >= 4 is 10.0 Å². The quantitative estimate of drug-likeness (QED) is 0.883. The van der Waals surface area contributed by atoms with Gasteiger partial charge in [-0.05, 0) is 24.6 Å². The predicted molar refractivity (Wildman–Crippen MR) is 72.8 cm³/mol. The van der Waals surface area contributed by atoms with E-state index in [0.29, 0.717) is 30.8 Å². The van der Waals surface area contributed by atoms with Crippen molar-refractivity contribution in [2.75, 3.05) is 19.6 Å². The topological polar surface area (TPSA) is 73.2 Å². The van der Waals surface area contributed by atoms with Crippen LogP contribution >= 0.6 is 0 Å². The third kappa shape index (κ3) is 3.53. The van der Waals surface area contributed by atoms with Crippen LogP contribution in [0.5, 0.6) is 0 Å². The first-order chi connectivity index (χ1) is 9.01. The van der Waals surface area contributed by atoms with Gasteiger partial charge in [-0.2, -0.15) is 9.57 Å². The predicted octanol–water partition coefficient (Wildman–Crippen LogP) is 0.682. The minimum atomic E-state index is -3.31. The van der Waals surface area contributed by atoms with Gasteiger partial charge in [0.2, 0.25) is 10.0 Å². The van der Waals surface area contributed by atoms with E-state index in [2.05, 4.69) is 5.32 Å². The Morgan fingerprint density at radius 2 is 2.32 bits per heavy atom. The summed E-state index contributed by atoms with van der Waals surface area (Å²) in [6.07, 6.45) is 0. The molecule has 1 aromatic carbocycles. The zero-order valence-electron chi connectivity index (χ0n) is 10.8. The zero-order chi connectivity index (χ0) is 13.9. The van der Waals surface area contributed by atoms with Crippen molar-refractivity contribution in [1.29, 1.82) is 5.26 Å². The van der Waals surface area contributed by atoms with Crippen LogP contribution in [0.1, 0.15) is 18.1 Å². The minimum Gasteiger partial charge on any atom is -0.312 e. The van der Waals surface area contributed by atoms with Crippen molar-refractivity contribution in [3.8, 4) is 6.07 Å². The molecular weight excluding hydrogens is 262 g/mol. The van der Waals surface area contributed by atoms with Crippen LogP contribution < -0.4 is 5.32 Å². The lowest BCUT2D eigenvalue weighted by molar-refractivity contribution is 0.310. The first-order valence-electron chi connectivity index (χ1n) is 6.21. The monoisotopic (exact) mass is 279 g/mol. The molecule has 1 N–H and O–H groups in total. The van der Waals surface area contributed by atoms with Crippen molar-refractivity contribution in [3.63, 3.8) is 0 Å². The molecule has 1 aromatic rings. The van der Waals surface area contributed by atoms with E-state index in [1.807, 2.05) is 13.0 Å². The summed E-state index contributed by atoms with van der Waals surface area (Å²) in [5.41, 5.74) is 1.15. The van der Waals surface area contributed by atoms with Gasteiger partial charge in [0.1, 0.15) is 0 Å². The van der Waals surface area contributed by atoms with Crippen LogP contribution in [0.3, 0.4) is 0 Å². The molecule has 1 aliphatic rings. The highest BCUT2D eigenvalue weighted by Gasteiger charge is 2.26. The molecule has 1 aliphatic heterocycles. The fraction of sp³-hybridized carbons (Fsp3) is 0.462. The van der Waals surface area contributed by atoms with Gasteiger partial charge in [0, 0.05) is 25.7 Å². The number of rotatable bonds is 3. The number of nitrogens with one attached hydrogen (secondary N) is 1. The van der Waals surface area contributed by atoms with Crippen molar-refractivity contribution in [1.82, 2.24) is 9.62 Å². The molecule has 0 radical (unpaired) electrons. The zero-order valence-corrected chi connectivity index (χ0v) is 11.7. The highest BCUT2D eigenvalue weighted by molar-refractivity contribution is 7.88. The summed E-state index contributed by atoms with van der Waals surface area (Å²) < 4.78 is 26.2. The van der Waals surface area contributed by atoms with Gasteiger partial charge in [0.15, 0.2) is 0 Å². The second-order valence-electron chi connectivity index (χ2n) is 4.78. The van der Waals surface area contributed by atoms with Crippen LogP contribution in [0.4, 0.5) is 0 Å². The van der Waals surface area contributed by atoms with E-state index in [-0.39, 0.29) is 11.8 Å². The van der Waals surface area contributed by atoms with Crippen LogP contribution in [0.2, 0.25) is 0 Å². The van der Waals surface area contributed by atoms with Gasteiger partial charge in [-0.1, -0.05) is 12.1 Å². The molecule has 1 atom stereocenters. The fourth-order valence-electron chi connectivity index (χ4n) is 2.18. The second-order valence-corrected chi connectivity index (χ2v) is 6.75. The average Bonchev–Trinajstić information content (AvgIpc) is 2.38. The molecule has 6 heteroatoms. The molecule has 1 fully saturated rings. The molecule has 0 unspecified atom stereocenters. The molecule has 102 valence electrons. The summed E-state index contributed by atoms with van der Waals surface area (Å²) >= 11 is 0. The molecule has 1 saturated heterocycles. The summed E-state index contributed by atoms with van der Waals surface area (Å²) in [5.74, 6) is -0.0464. The van der Waals surface area contributed by atoms with Gasteiger partial charge >= 0.3 is 0 Å². The third-order valence-electron chi connectivity index (χ3n) is 3.13. The summed E-state index contributed by atoms with van der Waals surface area (Å²) in [5, 5.41) is 12.0. The van der Waals surface area contributed by atoms with E-state index >= 15 is 0 Å². The Morgan fingerprint density at radius 3 is 3.00 bits per heavy atom. The summed E-state index contributed by atoms with van der Waals surface area (Å²) in [7, 11) is -3.31. The van der Waals surface area contributed by atoms with E-state index in [4.69, 9.17) is 5.26 Å². The van der Waals surface area contributed by atoms with Gasteiger partial charge in [-0.25, -0.2) is 8.42 Å². The van der Waals surface area contributed by atoms with Crippen molar-refractivity contribution in [3.05, 3.63) is 35.4 Å². The van der Waals surface area contributed by atoms with E-state index in [0.717, 1.165) is 0 Å². The van der Waals surface area contributed by atoms with Crippen LogP contribution in [-0.2, 0) is 15.8 Å². The smallest absolute Gasteiger partial charge is 0.218 e. The Morgan fingerprint density at radius 1 is 1.53 bits per heavy atom. The molecular formula is C13H17N3O2S. The lowest BCUT2D eigenvalue weighted by Gasteiger charge is -2.31. The summed E-state index contributed by atoms with van der Waals surface area (Å²) in [6, 6.07) is 8.95. The molecule has 0 spiro atoms. The molecule has 1 heterocycles. The molecule has 0 amide bonds. The maximum absolute atomic E-state index is 12.3. The Hall–Kier alpha value is -1.42. The van der Waals surface area contributed by atoms with E-state index in [1.54, 1.807) is 24.3 Å². The Bertz CT molecular complexity index is 592. The largest absolute Gasteiger partial charge is 0.312 e. The van der Waals surface area contributed by atoms with Crippen LogP contribution in [0.25, 0.3) is 0 Å². The van der Waals surface area contributed by atoms with Gasteiger partial charge < -0.3 is 5.32 Å². The maximum Gasteiger partial charge on any atom is 0.218 e.